The molecule has 10 rings (SSSR count). The third-order valence-electron chi connectivity index (χ3n) is 10.6. The summed E-state index contributed by atoms with van der Waals surface area (Å²) in [4.78, 5) is 0. The molecule has 0 saturated heterocycles. The van der Waals surface area contributed by atoms with E-state index in [1.165, 1.54) is 60.1 Å². The van der Waals surface area contributed by atoms with E-state index in [-0.39, 0.29) is 0 Å². The van der Waals surface area contributed by atoms with Crippen molar-refractivity contribution in [2.45, 2.75) is 0 Å². The van der Waals surface area contributed by atoms with E-state index in [0.717, 1.165) is 33.4 Å². The highest BCUT2D eigenvalue weighted by Crippen LogP contribution is 2.44. The molecule has 0 aliphatic carbocycles. The van der Waals surface area contributed by atoms with Crippen LogP contribution in [-0.2, 0) is 0 Å². The van der Waals surface area contributed by atoms with Crippen molar-refractivity contribution in [1.29, 1.82) is 5.26 Å². The van der Waals surface area contributed by atoms with Crippen LogP contribution in [0.4, 0.5) is 0 Å². The average molecular weight is 673 g/mol. The first-order valence-corrected chi connectivity index (χ1v) is 18.0. The molecule has 9 aromatic carbocycles. The van der Waals surface area contributed by atoms with Gasteiger partial charge in [-0.1, -0.05) is 164 Å². The number of para-hydroxylation sites is 2. The van der Waals surface area contributed by atoms with Gasteiger partial charge in [0.2, 0.25) is 0 Å². The standard InChI is InChI=1S/C51H32N2/c52-33-40-30-29-38(32-49(40)53-47-23-10-8-17-41(47)42-18-9-11-24-48(42)53)35-27-25-34(26-28-35)37-15-12-16-39(31-37)51-45-21-6-4-19-43(45)50(36-13-2-1-3-14-36)44-20-5-7-22-46(44)51/h1-32H. The van der Waals surface area contributed by atoms with Gasteiger partial charge in [-0.25, -0.2) is 0 Å². The van der Waals surface area contributed by atoms with E-state index in [2.05, 4.69) is 199 Å². The van der Waals surface area contributed by atoms with Crippen LogP contribution in [0.25, 0.3) is 93.5 Å². The molecular weight excluding hydrogens is 641 g/mol. The van der Waals surface area contributed by atoms with Crippen molar-refractivity contribution in [3.05, 3.63) is 200 Å². The van der Waals surface area contributed by atoms with Crippen molar-refractivity contribution in [3.63, 3.8) is 0 Å². The number of fused-ring (bicyclic) bond motifs is 5. The molecule has 2 nitrogen and oxygen atoms in total. The topological polar surface area (TPSA) is 28.7 Å². The van der Waals surface area contributed by atoms with Crippen LogP contribution in [0.2, 0.25) is 0 Å². The summed E-state index contributed by atoms with van der Waals surface area (Å²) in [6.45, 7) is 0. The lowest BCUT2D eigenvalue weighted by atomic mass is 9.85. The average Bonchev–Trinajstić information content (AvgIpc) is 3.57. The van der Waals surface area contributed by atoms with Gasteiger partial charge in [0.1, 0.15) is 6.07 Å². The molecule has 0 aliphatic rings. The molecule has 0 saturated carbocycles. The molecule has 0 bridgehead atoms. The molecule has 0 fully saturated rings. The molecule has 2 heteroatoms. The molecule has 0 atom stereocenters. The first-order valence-electron chi connectivity index (χ1n) is 18.0. The van der Waals surface area contributed by atoms with Crippen LogP contribution in [0.5, 0.6) is 0 Å². The quantitative estimate of drug-likeness (QED) is 0.167. The van der Waals surface area contributed by atoms with Crippen molar-refractivity contribution in [1.82, 2.24) is 4.57 Å². The Bertz CT molecular complexity index is 2940. The SMILES string of the molecule is N#Cc1ccc(-c2ccc(-c3cccc(-c4c5ccccc5c(-c5ccccc5)c5ccccc45)c3)cc2)cc1-n1c2ccccc2c2ccccc21. The van der Waals surface area contributed by atoms with Gasteiger partial charge in [0.05, 0.1) is 22.3 Å². The summed E-state index contributed by atoms with van der Waals surface area (Å²) in [6.07, 6.45) is 0. The predicted molar refractivity (Wildman–Crippen MR) is 222 cm³/mol. The summed E-state index contributed by atoms with van der Waals surface area (Å²) in [5.41, 5.74) is 13.2. The first-order chi connectivity index (χ1) is 26.3. The van der Waals surface area contributed by atoms with Crippen molar-refractivity contribution in [2.75, 3.05) is 0 Å². The number of nitrogens with zero attached hydrogens (tertiary/aromatic N) is 2. The Balaban J connectivity index is 1.07. The number of hydrogen-bond donors (Lipinski definition) is 0. The molecule has 0 amide bonds. The van der Waals surface area contributed by atoms with E-state index >= 15 is 0 Å². The van der Waals surface area contributed by atoms with Crippen molar-refractivity contribution >= 4 is 43.4 Å². The molecule has 1 aromatic heterocycles. The molecule has 1 heterocycles. The van der Waals surface area contributed by atoms with Crippen molar-refractivity contribution in [3.8, 4) is 56.3 Å². The fraction of sp³-hybridized carbons (Fsp3) is 0. The molecule has 246 valence electrons. The van der Waals surface area contributed by atoms with Gasteiger partial charge in [0.25, 0.3) is 0 Å². The van der Waals surface area contributed by atoms with Gasteiger partial charge in [-0.15, -0.1) is 0 Å². The van der Waals surface area contributed by atoms with Crippen LogP contribution in [0, 0.1) is 11.3 Å². The molecule has 0 spiro atoms. The summed E-state index contributed by atoms with van der Waals surface area (Å²) in [7, 11) is 0. The van der Waals surface area contributed by atoms with E-state index < -0.39 is 0 Å². The zero-order valence-electron chi connectivity index (χ0n) is 28.9. The Morgan fingerprint density at radius 2 is 0.736 bits per heavy atom. The highest BCUT2D eigenvalue weighted by molar-refractivity contribution is 6.21. The Morgan fingerprint density at radius 3 is 1.28 bits per heavy atom. The lowest BCUT2D eigenvalue weighted by Gasteiger charge is -2.18. The maximum absolute atomic E-state index is 10.2. The van der Waals surface area contributed by atoms with Crippen LogP contribution in [0.1, 0.15) is 5.56 Å². The monoisotopic (exact) mass is 672 g/mol. The van der Waals surface area contributed by atoms with Gasteiger partial charge in [-0.3, -0.25) is 0 Å². The summed E-state index contributed by atoms with van der Waals surface area (Å²) in [5, 5.41) is 17.6. The third-order valence-corrected chi connectivity index (χ3v) is 10.6. The number of nitriles is 1. The van der Waals surface area contributed by atoms with Gasteiger partial charge in [-0.2, -0.15) is 5.26 Å². The highest BCUT2D eigenvalue weighted by atomic mass is 15.0. The lowest BCUT2D eigenvalue weighted by molar-refractivity contribution is 1.17. The van der Waals surface area contributed by atoms with Crippen LogP contribution >= 0.6 is 0 Å². The van der Waals surface area contributed by atoms with Crippen LogP contribution < -0.4 is 0 Å². The Labute approximate surface area is 308 Å². The van der Waals surface area contributed by atoms with Gasteiger partial charge in [0.15, 0.2) is 0 Å². The zero-order chi connectivity index (χ0) is 35.3. The van der Waals surface area contributed by atoms with E-state index in [0.29, 0.717) is 5.56 Å². The zero-order valence-corrected chi connectivity index (χ0v) is 28.9. The molecular formula is C51H32N2. The van der Waals surface area contributed by atoms with Crippen molar-refractivity contribution < 1.29 is 0 Å². The molecule has 53 heavy (non-hydrogen) atoms. The largest absolute Gasteiger partial charge is 0.308 e. The maximum atomic E-state index is 10.2. The Hall–Kier alpha value is -7.21. The van der Waals surface area contributed by atoms with Crippen LogP contribution in [0.15, 0.2) is 194 Å². The van der Waals surface area contributed by atoms with E-state index in [9.17, 15) is 5.26 Å². The molecule has 0 aliphatic heterocycles. The van der Waals surface area contributed by atoms with Gasteiger partial charge >= 0.3 is 0 Å². The van der Waals surface area contributed by atoms with E-state index in [1.54, 1.807) is 0 Å². The van der Waals surface area contributed by atoms with E-state index in [1.807, 2.05) is 6.07 Å². The second-order valence-corrected chi connectivity index (χ2v) is 13.6. The molecule has 0 N–H and O–H groups in total. The highest BCUT2D eigenvalue weighted by Gasteiger charge is 2.18. The third kappa shape index (κ3) is 5.02. The van der Waals surface area contributed by atoms with E-state index in [4.69, 9.17) is 0 Å². The summed E-state index contributed by atoms with van der Waals surface area (Å²) >= 11 is 0. The molecule has 10 aromatic rings. The number of benzene rings is 9. The van der Waals surface area contributed by atoms with Crippen LogP contribution in [0.3, 0.4) is 0 Å². The second kappa shape index (κ2) is 12.5. The number of hydrogen-bond acceptors (Lipinski definition) is 1. The Kier molecular flexibility index (Phi) is 7.23. The minimum atomic E-state index is 0.644. The van der Waals surface area contributed by atoms with Gasteiger partial charge < -0.3 is 4.57 Å². The van der Waals surface area contributed by atoms with Crippen molar-refractivity contribution in [2.24, 2.45) is 0 Å². The number of aromatic nitrogens is 1. The minimum absolute atomic E-state index is 0.644. The fourth-order valence-corrected chi connectivity index (χ4v) is 8.24. The minimum Gasteiger partial charge on any atom is -0.308 e. The lowest BCUT2D eigenvalue weighted by Crippen LogP contribution is -1.98. The summed E-state index contributed by atoms with van der Waals surface area (Å²) < 4.78 is 2.23. The van der Waals surface area contributed by atoms with Crippen LogP contribution in [-0.4, -0.2) is 4.57 Å². The predicted octanol–water partition coefficient (Wildman–Crippen LogP) is 13.6. The summed E-state index contributed by atoms with van der Waals surface area (Å²) in [5.74, 6) is 0. The Morgan fingerprint density at radius 1 is 0.321 bits per heavy atom. The first kappa shape index (κ1) is 30.6. The smallest absolute Gasteiger partial charge is 0.101 e. The van der Waals surface area contributed by atoms with Gasteiger partial charge in [0, 0.05) is 10.8 Å². The molecule has 0 unspecified atom stereocenters. The second-order valence-electron chi connectivity index (χ2n) is 13.6. The normalized spacial score (nSPS) is 11.4. The number of rotatable bonds is 5. The molecule has 0 radical (unpaired) electrons. The summed E-state index contributed by atoms with van der Waals surface area (Å²) in [6, 6.07) is 71.5. The fourth-order valence-electron chi connectivity index (χ4n) is 8.24. The van der Waals surface area contributed by atoms with Gasteiger partial charge in [-0.05, 0) is 96.4 Å². The maximum Gasteiger partial charge on any atom is 0.101 e.